The van der Waals surface area contributed by atoms with Crippen LogP contribution >= 0.6 is 0 Å². The molecule has 6 heteroatoms. The summed E-state index contributed by atoms with van der Waals surface area (Å²) in [5, 5.41) is 21.4. The lowest BCUT2D eigenvalue weighted by molar-refractivity contribution is 0.324. The van der Waals surface area contributed by atoms with Gasteiger partial charge in [-0.15, -0.1) is 0 Å². The van der Waals surface area contributed by atoms with Crippen molar-refractivity contribution in [1.82, 2.24) is 0 Å². The van der Waals surface area contributed by atoms with Crippen LogP contribution in [0.4, 0.5) is 5.69 Å². The molecule has 0 amide bonds. The lowest BCUT2D eigenvalue weighted by Gasteiger charge is -2.29. The molecule has 44 heavy (non-hydrogen) atoms. The zero-order valence-corrected chi connectivity index (χ0v) is 26.2. The smallest absolute Gasteiger partial charge is 0.203 e. The Morgan fingerprint density at radius 2 is 1.25 bits per heavy atom. The SMILES string of the molecule is CCCCCCCc1cc(C#N)c(N(Cc2ccccc2)Cc2ccccc2)c(C#N)c1-c1cc(OC)c(OC)c(OC)c1. The summed E-state index contributed by atoms with van der Waals surface area (Å²) in [6, 6.07) is 31.1. The van der Waals surface area contributed by atoms with Gasteiger partial charge in [-0.2, -0.15) is 10.5 Å². The van der Waals surface area contributed by atoms with Gasteiger partial charge in [0.25, 0.3) is 0 Å². The number of nitriles is 2. The van der Waals surface area contributed by atoms with Crippen LogP contribution in [0.3, 0.4) is 0 Å². The first-order valence-corrected chi connectivity index (χ1v) is 15.2. The number of unbranched alkanes of at least 4 members (excludes halogenated alkanes) is 4. The van der Waals surface area contributed by atoms with Crippen LogP contribution in [-0.2, 0) is 19.5 Å². The van der Waals surface area contributed by atoms with Crippen molar-refractivity contribution in [2.45, 2.75) is 58.5 Å². The third kappa shape index (κ3) is 7.52. The van der Waals surface area contributed by atoms with Gasteiger partial charge < -0.3 is 19.1 Å². The molecule has 6 nitrogen and oxygen atoms in total. The minimum Gasteiger partial charge on any atom is -0.493 e. The highest BCUT2D eigenvalue weighted by Crippen LogP contribution is 2.45. The number of anilines is 1. The lowest BCUT2D eigenvalue weighted by atomic mass is 9.87. The molecule has 226 valence electrons. The second-order valence-corrected chi connectivity index (χ2v) is 10.8. The van der Waals surface area contributed by atoms with Crippen molar-refractivity contribution in [1.29, 1.82) is 10.5 Å². The minimum absolute atomic E-state index is 0.466. The van der Waals surface area contributed by atoms with Crippen LogP contribution in [0, 0.1) is 22.7 Å². The summed E-state index contributed by atoms with van der Waals surface area (Å²) in [5.41, 5.74) is 6.30. The van der Waals surface area contributed by atoms with Crippen LogP contribution in [0.15, 0.2) is 78.9 Å². The minimum atomic E-state index is 0.466. The third-order valence-electron chi connectivity index (χ3n) is 7.87. The molecular formula is C38H41N3O3. The molecule has 0 spiro atoms. The van der Waals surface area contributed by atoms with E-state index in [9.17, 15) is 10.5 Å². The number of hydrogen-bond donors (Lipinski definition) is 0. The first-order valence-electron chi connectivity index (χ1n) is 15.2. The van der Waals surface area contributed by atoms with E-state index in [1.165, 1.54) is 12.8 Å². The maximum absolute atomic E-state index is 10.9. The molecule has 0 heterocycles. The summed E-state index contributed by atoms with van der Waals surface area (Å²) in [4.78, 5) is 2.15. The molecule has 0 saturated carbocycles. The largest absolute Gasteiger partial charge is 0.493 e. The first-order chi connectivity index (χ1) is 21.6. The Bertz CT molecular complexity index is 1540. The first kappa shape index (κ1) is 32.0. The Labute approximate surface area is 262 Å². The van der Waals surface area contributed by atoms with Crippen molar-refractivity contribution < 1.29 is 14.2 Å². The van der Waals surface area contributed by atoms with Crippen molar-refractivity contribution in [3.05, 3.63) is 107 Å². The van der Waals surface area contributed by atoms with E-state index in [-0.39, 0.29) is 0 Å². The second kappa shape index (κ2) is 16.1. The fraction of sp³-hybridized carbons (Fsp3) is 0.316. The quantitative estimate of drug-likeness (QED) is 0.129. The molecule has 0 radical (unpaired) electrons. The molecule has 0 N–H and O–H groups in total. The van der Waals surface area contributed by atoms with E-state index in [2.05, 4.69) is 48.2 Å². The zero-order valence-electron chi connectivity index (χ0n) is 26.2. The molecule has 4 aromatic rings. The maximum atomic E-state index is 10.9. The van der Waals surface area contributed by atoms with Crippen LogP contribution in [0.5, 0.6) is 17.2 Å². The van der Waals surface area contributed by atoms with Gasteiger partial charge in [0.1, 0.15) is 12.1 Å². The summed E-state index contributed by atoms with van der Waals surface area (Å²) >= 11 is 0. The van der Waals surface area contributed by atoms with Crippen molar-refractivity contribution in [3.8, 4) is 40.5 Å². The Kier molecular flexibility index (Phi) is 11.7. The Morgan fingerprint density at radius 3 is 1.73 bits per heavy atom. The van der Waals surface area contributed by atoms with Gasteiger partial charge in [0.05, 0.1) is 38.1 Å². The molecule has 0 aliphatic rings. The van der Waals surface area contributed by atoms with Crippen molar-refractivity contribution in [2.75, 3.05) is 26.2 Å². The fourth-order valence-corrected chi connectivity index (χ4v) is 5.74. The standard InChI is InChI=1S/C38H41N3O3/c1-5-6-7-8-15-20-30-21-32(24-39)37(41(26-28-16-11-9-12-17-28)27-29-18-13-10-14-19-29)33(25-40)36(30)31-22-34(42-2)38(44-4)35(23-31)43-3/h9-14,16-19,21-23H,5-8,15,20,26-27H2,1-4H3. The number of aryl methyl sites for hydroxylation is 1. The zero-order chi connectivity index (χ0) is 31.3. The van der Waals surface area contributed by atoms with Crippen LogP contribution in [0.1, 0.15) is 66.8 Å². The van der Waals surface area contributed by atoms with E-state index in [0.717, 1.165) is 53.5 Å². The van der Waals surface area contributed by atoms with Gasteiger partial charge in [-0.3, -0.25) is 0 Å². The fourth-order valence-electron chi connectivity index (χ4n) is 5.74. The topological polar surface area (TPSA) is 78.5 Å². The van der Waals surface area contributed by atoms with E-state index in [0.29, 0.717) is 47.2 Å². The molecule has 0 saturated heterocycles. The van der Waals surface area contributed by atoms with Gasteiger partial charge in [0.2, 0.25) is 5.75 Å². The monoisotopic (exact) mass is 587 g/mol. The van der Waals surface area contributed by atoms with Crippen LogP contribution in [-0.4, -0.2) is 21.3 Å². The van der Waals surface area contributed by atoms with Crippen molar-refractivity contribution >= 4 is 5.69 Å². The van der Waals surface area contributed by atoms with Gasteiger partial charge in [-0.05, 0) is 53.3 Å². The van der Waals surface area contributed by atoms with Crippen molar-refractivity contribution in [2.24, 2.45) is 0 Å². The van der Waals surface area contributed by atoms with Crippen LogP contribution in [0.2, 0.25) is 0 Å². The van der Waals surface area contributed by atoms with E-state index in [1.54, 1.807) is 21.3 Å². The van der Waals surface area contributed by atoms with E-state index >= 15 is 0 Å². The predicted octanol–water partition coefficient (Wildman–Crippen LogP) is 8.84. The number of hydrogen-bond acceptors (Lipinski definition) is 6. The number of methoxy groups -OCH3 is 3. The normalized spacial score (nSPS) is 10.5. The van der Waals surface area contributed by atoms with E-state index in [1.807, 2.05) is 54.6 Å². The number of benzene rings is 4. The van der Waals surface area contributed by atoms with Gasteiger partial charge >= 0.3 is 0 Å². The van der Waals surface area contributed by atoms with Gasteiger partial charge in [0, 0.05) is 18.7 Å². The molecule has 0 fully saturated rings. The third-order valence-corrected chi connectivity index (χ3v) is 7.87. The summed E-state index contributed by atoms with van der Waals surface area (Å²) in [6.07, 6.45) is 6.32. The average molecular weight is 588 g/mol. The van der Waals surface area contributed by atoms with Crippen molar-refractivity contribution in [3.63, 3.8) is 0 Å². The Hall–Kier alpha value is -4.94. The number of ether oxygens (including phenoxy) is 3. The lowest BCUT2D eigenvalue weighted by Crippen LogP contribution is -2.24. The average Bonchev–Trinajstić information content (AvgIpc) is 3.07. The molecule has 4 aromatic carbocycles. The summed E-state index contributed by atoms with van der Waals surface area (Å²) in [7, 11) is 4.76. The Balaban J connectivity index is 1.98. The molecule has 0 aliphatic heterocycles. The van der Waals surface area contributed by atoms with Gasteiger partial charge in [-0.1, -0.05) is 93.3 Å². The summed E-state index contributed by atoms with van der Waals surface area (Å²) < 4.78 is 17.0. The molecule has 4 rings (SSSR count). The van der Waals surface area contributed by atoms with E-state index in [4.69, 9.17) is 14.2 Å². The molecule has 0 atom stereocenters. The number of nitrogens with zero attached hydrogens (tertiary/aromatic N) is 3. The molecular weight excluding hydrogens is 546 g/mol. The van der Waals surface area contributed by atoms with Crippen LogP contribution < -0.4 is 19.1 Å². The van der Waals surface area contributed by atoms with Gasteiger partial charge in [-0.25, -0.2) is 0 Å². The maximum Gasteiger partial charge on any atom is 0.203 e. The van der Waals surface area contributed by atoms with Crippen LogP contribution in [0.25, 0.3) is 11.1 Å². The Morgan fingerprint density at radius 1 is 0.682 bits per heavy atom. The molecule has 0 bridgehead atoms. The molecule has 0 unspecified atom stereocenters. The summed E-state index contributed by atoms with van der Waals surface area (Å²) in [6.45, 7) is 3.27. The highest BCUT2D eigenvalue weighted by molar-refractivity contribution is 5.86. The molecule has 0 aromatic heterocycles. The summed E-state index contributed by atoms with van der Waals surface area (Å²) in [5.74, 6) is 1.51. The highest BCUT2D eigenvalue weighted by atomic mass is 16.5. The number of rotatable bonds is 15. The van der Waals surface area contributed by atoms with Gasteiger partial charge in [0.15, 0.2) is 11.5 Å². The second-order valence-electron chi connectivity index (χ2n) is 10.8. The predicted molar refractivity (Wildman–Crippen MR) is 176 cm³/mol. The molecule has 0 aliphatic carbocycles. The highest BCUT2D eigenvalue weighted by Gasteiger charge is 2.26. The van der Waals surface area contributed by atoms with E-state index < -0.39 is 0 Å².